The average Bonchev–Trinajstić information content (AvgIpc) is 2.85. The van der Waals surface area contributed by atoms with Crippen LogP contribution in [0.5, 0.6) is 0 Å². The first-order valence-electron chi connectivity index (χ1n) is 12.0. The minimum Gasteiger partial charge on any atom is -0.478 e. The summed E-state index contributed by atoms with van der Waals surface area (Å²) in [5.41, 5.74) is 2.26. The second-order valence-corrected chi connectivity index (χ2v) is 8.22. The summed E-state index contributed by atoms with van der Waals surface area (Å²) >= 11 is 0. The summed E-state index contributed by atoms with van der Waals surface area (Å²) in [5, 5.41) is 8.92. The molecular weight excluding hydrogens is 428 g/mol. The van der Waals surface area contributed by atoms with Gasteiger partial charge in [0.15, 0.2) is 5.78 Å². The van der Waals surface area contributed by atoms with Gasteiger partial charge in [-0.1, -0.05) is 94.3 Å². The Morgan fingerprint density at radius 1 is 0.706 bits per heavy atom. The average molecular weight is 463 g/mol. The van der Waals surface area contributed by atoms with E-state index in [4.69, 9.17) is 9.84 Å². The first-order chi connectivity index (χ1) is 16.5. The first kappa shape index (κ1) is 26.8. The summed E-state index contributed by atoms with van der Waals surface area (Å²) in [6.07, 6.45) is 15.9. The highest BCUT2D eigenvalue weighted by molar-refractivity contribution is 6.07. The molecule has 0 heterocycles. The molecule has 0 atom stereocenters. The van der Waals surface area contributed by atoms with Crippen LogP contribution < -0.4 is 0 Å². The van der Waals surface area contributed by atoms with E-state index in [0.29, 0.717) is 12.2 Å². The molecule has 34 heavy (non-hydrogen) atoms. The third-order valence-corrected chi connectivity index (χ3v) is 5.43. The molecule has 0 aliphatic carbocycles. The molecule has 180 valence electrons. The van der Waals surface area contributed by atoms with Crippen molar-refractivity contribution in [2.45, 2.75) is 58.3 Å². The largest absolute Gasteiger partial charge is 0.478 e. The quantitative estimate of drug-likeness (QED) is 0.134. The molecule has 0 aliphatic rings. The van der Waals surface area contributed by atoms with Crippen LogP contribution in [0.2, 0.25) is 0 Å². The van der Waals surface area contributed by atoms with Crippen molar-refractivity contribution < 1.29 is 24.2 Å². The van der Waals surface area contributed by atoms with Crippen molar-refractivity contribution in [2.24, 2.45) is 0 Å². The summed E-state index contributed by atoms with van der Waals surface area (Å²) in [6.45, 7) is 2.67. The third kappa shape index (κ3) is 10.4. The van der Waals surface area contributed by atoms with Gasteiger partial charge in [-0.2, -0.15) is 0 Å². The van der Waals surface area contributed by atoms with Gasteiger partial charge in [-0.25, -0.2) is 9.59 Å². The number of carboxylic acids is 1. The number of esters is 1. The maximum absolute atomic E-state index is 12.2. The highest BCUT2D eigenvalue weighted by atomic mass is 16.5. The zero-order valence-corrected chi connectivity index (χ0v) is 19.9. The number of carboxylic acid groups (broad SMARTS) is 1. The monoisotopic (exact) mass is 462 g/mol. The molecule has 0 radical (unpaired) electrons. The van der Waals surface area contributed by atoms with Gasteiger partial charge in [-0.15, -0.1) is 0 Å². The molecule has 0 saturated heterocycles. The number of aromatic carboxylic acids is 1. The van der Waals surface area contributed by atoms with Crippen molar-refractivity contribution in [3.05, 3.63) is 82.9 Å². The standard InChI is InChI=1S/C29H34O5/c1-2-3-4-5-6-7-8-9-22-34-28(31)21-15-24-12-10-23(11-13-24)14-20-27(30)25-16-18-26(19-17-25)29(32)33/h10-21H,2-9,22H2,1H3,(H,32,33). The van der Waals surface area contributed by atoms with E-state index < -0.39 is 5.97 Å². The lowest BCUT2D eigenvalue weighted by atomic mass is 10.1. The van der Waals surface area contributed by atoms with Gasteiger partial charge in [0.05, 0.1) is 12.2 Å². The second kappa shape index (κ2) is 15.4. The maximum Gasteiger partial charge on any atom is 0.335 e. The lowest BCUT2D eigenvalue weighted by Crippen LogP contribution is -2.02. The molecule has 2 rings (SSSR count). The predicted octanol–water partition coefficient (Wildman–Crippen LogP) is 6.98. The summed E-state index contributed by atoms with van der Waals surface area (Å²) in [4.78, 5) is 35.0. The highest BCUT2D eigenvalue weighted by Crippen LogP contribution is 2.11. The summed E-state index contributed by atoms with van der Waals surface area (Å²) in [6, 6.07) is 13.2. The fraction of sp³-hybridized carbons (Fsp3) is 0.345. The smallest absolute Gasteiger partial charge is 0.335 e. The molecule has 0 unspecified atom stereocenters. The minimum atomic E-state index is -1.03. The molecule has 0 fully saturated rings. The molecule has 2 aromatic rings. The van der Waals surface area contributed by atoms with Crippen molar-refractivity contribution in [1.29, 1.82) is 0 Å². The van der Waals surface area contributed by atoms with E-state index in [1.54, 1.807) is 12.2 Å². The molecule has 5 nitrogen and oxygen atoms in total. The van der Waals surface area contributed by atoms with E-state index in [2.05, 4.69) is 6.92 Å². The fourth-order valence-electron chi connectivity index (χ4n) is 3.38. The van der Waals surface area contributed by atoms with Crippen LogP contribution >= 0.6 is 0 Å². The minimum absolute atomic E-state index is 0.140. The van der Waals surface area contributed by atoms with Crippen molar-refractivity contribution in [3.63, 3.8) is 0 Å². The Morgan fingerprint density at radius 2 is 1.21 bits per heavy atom. The van der Waals surface area contributed by atoms with Gasteiger partial charge < -0.3 is 9.84 Å². The molecule has 0 aromatic heterocycles. The lowest BCUT2D eigenvalue weighted by Gasteiger charge is -2.03. The van der Waals surface area contributed by atoms with Crippen LogP contribution in [0.1, 0.15) is 90.1 Å². The van der Waals surface area contributed by atoms with Gasteiger partial charge in [0.25, 0.3) is 0 Å². The number of carbonyl (C=O) groups excluding carboxylic acids is 2. The van der Waals surface area contributed by atoms with Crippen molar-refractivity contribution in [1.82, 2.24) is 0 Å². The van der Waals surface area contributed by atoms with Gasteiger partial charge in [0.2, 0.25) is 0 Å². The zero-order chi connectivity index (χ0) is 24.6. The fourth-order valence-corrected chi connectivity index (χ4v) is 3.38. The second-order valence-electron chi connectivity index (χ2n) is 8.22. The lowest BCUT2D eigenvalue weighted by molar-refractivity contribution is -0.137. The van der Waals surface area contributed by atoms with Crippen molar-refractivity contribution >= 4 is 29.9 Å². The van der Waals surface area contributed by atoms with Gasteiger partial charge in [-0.3, -0.25) is 4.79 Å². The van der Waals surface area contributed by atoms with Gasteiger partial charge >= 0.3 is 11.9 Å². The number of benzene rings is 2. The number of rotatable bonds is 15. The third-order valence-electron chi connectivity index (χ3n) is 5.43. The molecule has 0 saturated carbocycles. The van der Waals surface area contributed by atoms with Gasteiger partial charge in [-0.05, 0) is 41.8 Å². The SMILES string of the molecule is CCCCCCCCCCOC(=O)C=Cc1ccc(C=CC(=O)c2ccc(C(=O)O)cc2)cc1. The van der Waals surface area contributed by atoms with Gasteiger partial charge in [0, 0.05) is 11.6 Å². The number of ether oxygens (including phenoxy) is 1. The normalized spacial score (nSPS) is 11.2. The Labute approximate surface area is 202 Å². The molecule has 5 heteroatoms. The zero-order valence-electron chi connectivity index (χ0n) is 19.9. The Bertz CT molecular complexity index is 969. The van der Waals surface area contributed by atoms with Crippen LogP contribution in [-0.2, 0) is 9.53 Å². The molecule has 0 aliphatic heterocycles. The Hall–Kier alpha value is -3.47. The molecule has 0 bridgehead atoms. The maximum atomic E-state index is 12.2. The highest BCUT2D eigenvalue weighted by Gasteiger charge is 2.05. The van der Waals surface area contributed by atoms with Crippen molar-refractivity contribution in [2.75, 3.05) is 6.61 Å². The number of allylic oxidation sites excluding steroid dienone is 1. The van der Waals surface area contributed by atoms with E-state index in [1.165, 1.54) is 74.9 Å². The molecule has 0 amide bonds. The Morgan fingerprint density at radius 3 is 1.76 bits per heavy atom. The molecular formula is C29H34O5. The van der Waals surface area contributed by atoms with E-state index in [9.17, 15) is 14.4 Å². The number of unbranched alkanes of at least 4 members (excludes halogenated alkanes) is 7. The van der Waals surface area contributed by atoms with Crippen LogP contribution in [0.4, 0.5) is 0 Å². The Balaban J connectivity index is 1.70. The predicted molar refractivity (Wildman–Crippen MR) is 136 cm³/mol. The first-order valence-corrected chi connectivity index (χ1v) is 12.0. The van der Waals surface area contributed by atoms with Crippen LogP contribution in [0.3, 0.4) is 0 Å². The number of hydrogen-bond acceptors (Lipinski definition) is 4. The van der Waals surface area contributed by atoms with Crippen molar-refractivity contribution in [3.8, 4) is 0 Å². The van der Waals surface area contributed by atoms with E-state index in [1.807, 2.05) is 24.3 Å². The summed E-state index contributed by atoms with van der Waals surface area (Å²) in [5.74, 6) is -1.58. The Kier molecular flexibility index (Phi) is 12.1. The van der Waals surface area contributed by atoms with Crippen LogP contribution in [0, 0.1) is 0 Å². The summed E-state index contributed by atoms with van der Waals surface area (Å²) in [7, 11) is 0. The van der Waals surface area contributed by atoms with Gasteiger partial charge in [0.1, 0.15) is 0 Å². The number of carbonyl (C=O) groups is 3. The summed E-state index contributed by atoms with van der Waals surface area (Å²) < 4.78 is 5.25. The number of hydrogen-bond donors (Lipinski definition) is 1. The van der Waals surface area contributed by atoms with E-state index in [-0.39, 0.29) is 17.3 Å². The van der Waals surface area contributed by atoms with Crippen LogP contribution in [-0.4, -0.2) is 29.4 Å². The van der Waals surface area contributed by atoms with E-state index in [0.717, 1.165) is 24.0 Å². The molecule has 1 N–H and O–H groups in total. The molecule has 0 spiro atoms. The molecule has 2 aromatic carbocycles. The van der Waals surface area contributed by atoms with E-state index >= 15 is 0 Å². The van der Waals surface area contributed by atoms with Crippen LogP contribution in [0.15, 0.2) is 60.7 Å². The topological polar surface area (TPSA) is 80.7 Å². The number of ketones is 1. The van der Waals surface area contributed by atoms with Crippen LogP contribution in [0.25, 0.3) is 12.2 Å².